The fraction of sp³-hybridized carbons (Fsp3) is 0.281. The summed E-state index contributed by atoms with van der Waals surface area (Å²) >= 11 is 12.3. The van der Waals surface area contributed by atoms with Crippen LogP contribution >= 0.6 is 23.2 Å². The second kappa shape index (κ2) is 16.4. The number of nitrogens with one attached hydrogen (secondary N) is 2. The first kappa shape index (κ1) is 34.1. The van der Waals surface area contributed by atoms with Crippen LogP contribution in [-0.2, 0) is 36.9 Å². The van der Waals surface area contributed by atoms with Crippen LogP contribution in [-0.4, -0.2) is 47.4 Å². The van der Waals surface area contributed by atoms with Gasteiger partial charge in [0.25, 0.3) is 0 Å². The van der Waals surface area contributed by atoms with Crippen LogP contribution < -0.4 is 15.4 Å². The van der Waals surface area contributed by atoms with Gasteiger partial charge in [0.15, 0.2) is 0 Å². The number of carboxylic acids is 1. The van der Waals surface area contributed by atoms with E-state index in [1.54, 1.807) is 30.3 Å². The van der Waals surface area contributed by atoms with Crippen LogP contribution in [0.3, 0.4) is 0 Å². The van der Waals surface area contributed by atoms with Crippen molar-refractivity contribution in [3.8, 4) is 5.75 Å². The van der Waals surface area contributed by atoms with E-state index in [9.17, 15) is 29.1 Å². The van der Waals surface area contributed by atoms with E-state index < -0.39 is 41.9 Å². The smallest absolute Gasteiger partial charge is 0.408 e. The van der Waals surface area contributed by atoms with Crippen molar-refractivity contribution in [2.75, 3.05) is 0 Å². The van der Waals surface area contributed by atoms with Crippen LogP contribution in [0.4, 0.5) is 4.79 Å². The van der Waals surface area contributed by atoms with Gasteiger partial charge in [0.05, 0.1) is 0 Å². The molecule has 44 heavy (non-hydrogen) atoms. The van der Waals surface area contributed by atoms with Crippen molar-refractivity contribution in [1.29, 1.82) is 0 Å². The highest BCUT2D eigenvalue weighted by molar-refractivity contribution is 6.36. The van der Waals surface area contributed by atoms with Crippen molar-refractivity contribution in [2.45, 2.75) is 51.3 Å². The fourth-order valence-electron chi connectivity index (χ4n) is 4.24. The molecule has 0 saturated carbocycles. The van der Waals surface area contributed by atoms with E-state index in [4.69, 9.17) is 32.7 Å². The Kier molecular flexibility index (Phi) is 12.7. The SMILES string of the molecule is CC(C)C[C@H](NC(=O)OCc1ccccc1)C(=O)N[C@@H](Cc1ccc(OC(=O)C(C=O)c2c(Cl)cccc2Cl)cc1)C(=O)O. The van der Waals surface area contributed by atoms with Gasteiger partial charge >= 0.3 is 18.0 Å². The van der Waals surface area contributed by atoms with E-state index in [-0.39, 0.29) is 46.7 Å². The summed E-state index contributed by atoms with van der Waals surface area (Å²) in [5.41, 5.74) is 1.41. The maximum Gasteiger partial charge on any atom is 0.408 e. The van der Waals surface area contributed by atoms with Crippen LogP contribution in [0.2, 0.25) is 10.0 Å². The fourth-order valence-corrected chi connectivity index (χ4v) is 4.87. The van der Waals surface area contributed by atoms with Crippen molar-refractivity contribution in [3.63, 3.8) is 0 Å². The second-order valence-electron chi connectivity index (χ2n) is 10.3. The van der Waals surface area contributed by atoms with Crippen LogP contribution in [0, 0.1) is 5.92 Å². The van der Waals surface area contributed by atoms with E-state index in [1.807, 2.05) is 19.9 Å². The van der Waals surface area contributed by atoms with Gasteiger partial charge in [-0.1, -0.05) is 85.6 Å². The number of aliphatic carboxylic acids is 1. The first-order valence-corrected chi connectivity index (χ1v) is 14.4. The normalized spacial score (nSPS) is 12.8. The maximum absolute atomic E-state index is 13.1. The molecule has 232 valence electrons. The summed E-state index contributed by atoms with van der Waals surface area (Å²) in [5, 5.41) is 15.1. The van der Waals surface area contributed by atoms with Gasteiger partial charge in [0.2, 0.25) is 5.91 Å². The van der Waals surface area contributed by atoms with Crippen molar-refractivity contribution in [3.05, 3.63) is 99.5 Å². The van der Waals surface area contributed by atoms with Crippen LogP contribution in [0.1, 0.15) is 42.9 Å². The Balaban J connectivity index is 1.62. The number of benzene rings is 3. The third kappa shape index (κ3) is 10.1. The minimum atomic E-state index is -1.36. The number of hydrogen-bond donors (Lipinski definition) is 3. The number of alkyl carbamates (subject to hydrolysis) is 1. The molecule has 0 heterocycles. The topological polar surface area (TPSA) is 148 Å². The molecule has 3 atom stereocenters. The van der Waals surface area contributed by atoms with Gasteiger partial charge < -0.3 is 30.0 Å². The molecule has 3 aromatic carbocycles. The monoisotopic (exact) mass is 642 g/mol. The van der Waals surface area contributed by atoms with Gasteiger partial charge in [-0.05, 0) is 47.7 Å². The van der Waals surface area contributed by atoms with Crippen molar-refractivity contribution in [1.82, 2.24) is 10.6 Å². The molecular weight excluding hydrogens is 611 g/mol. The minimum absolute atomic E-state index is 0.00598. The molecule has 0 aromatic heterocycles. The molecule has 12 heteroatoms. The second-order valence-corrected chi connectivity index (χ2v) is 11.1. The van der Waals surface area contributed by atoms with Gasteiger partial charge in [0.1, 0.15) is 36.6 Å². The summed E-state index contributed by atoms with van der Waals surface area (Å²) in [5.74, 6) is -4.11. The van der Waals surface area contributed by atoms with Gasteiger partial charge in [-0.25, -0.2) is 9.59 Å². The van der Waals surface area contributed by atoms with E-state index in [0.717, 1.165) is 5.56 Å². The van der Waals surface area contributed by atoms with Crippen LogP contribution in [0.25, 0.3) is 0 Å². The highest BCUT2D eigenvalue weighted by Crippen LogP contribution is 2.32. The molecule has 0 aliphatic rings. The van der Waals surface area contributed by atoms with Gasteiger partial charge in [-0.3, -0.25) is 9.59 Å². The van der Waals surface area contributed by atoms with Gasteiger partial charge in [-0.2, -0.15) is 0 Å². The highest BCUT2D eigenvalue weighted by Gasteiger charge is 2.29. The first-order chi connectivity index (χ1) is 21.0. The average molecular weight is 644 g/mol. The number of hydrogen-bond acceptors (Lipinski definition) is 7. The molecule has 2 amide bonds. The number of ether oxygens (including phenoxy) is 2. The number of carbonyl (C=O) groups is 5. The Labute approximate surface area is 264 Å². The summed E-state index contributed by atoms with van der Waals surface area (Å²) in [6.07, 6.45) is -0.275. The lowest BCUT2D eigenvalue weighted by Gasteiger charge is -2.22. The molecule has 0 aliphatic heterocycles. The quantitative estimate of drug-likeness (QED) is 0.0924. The Bertz CT molecular complexity index is 1440. The molecule has 0 aliphatic carbocycles. The van der Waals surface area contributed by atoms with Crippen LogP contribution in [0.15, 0.2) is 72.8 Å². The number of rotatable bonds is 14. The Morgan fingerprint density at radius 2 is 1.48 bits per heavy atom. The molecule has 3 N–H and O–H groups in total. The lowest BCUT2D eigenvalue weighted by molar-refractivity contribution is -0.142. The Hall–Kier alpha value is -4.41. The van der Waals surface area contributed by atoms with Crippen molar-refractivity contribution >= 4 is 53.4 Å². The molecule has 0 radical (unpaired) electrons. The predicted octanol–water partition coefficient (Wildman–Crippen LogP) is 5.33. The summed E-state index contributed by atoms with van der Waals surface area (Å²) in [4.78, 5) is 61.9. The maximum atomic E-state index is 13.1. The van der Waals surface area contributed by atoms with E-state index in [0.29, 0.717) is 11.8 Å². The molecule has 0 spiro atoms. The molecule has 1 unspecified atom stereocenters. The number of carboxylic acid groups (broad SMARTS) is 1. The lowest BCUT2D eigenvalue weighted by atomic mass is 10.0. The number of aldehydes is 1. The summed E-state index contributed by atoms with van der Waals surface area (Å²) in [6, 6.07) is 17.1. The molecular formula is C32H32Cl2N2O8. The molecule has 3 aromatic rings. The zero-order valence-electron chi connectivity index (χ0n) is 24.0. The molecule has 3 rings (SSSR count). The van der Waals surface area contributed by atoms with E-state index in [2.05, 4.69) is 10.6 Å². The molecule has 0 fully saturated rings. The third-order valence-electron chi connectivity index (χ3n) is 6.43. The standard InChI is InChI=1S/C32H32Cl2N2O8/c1-19(2)15-26(36-32(42)43-18-21-7-4-3-5-8-21)29(38)35-27(30(39)40)16-20-11-13-22(14-12-20)44-31(41)23(17-37)28-24(33)9-6-10-25(28)34/h3-14,17,19,23,26-27H,15-16,18H2,1-2H3,(H,35,38)(H,36,42)(H,39,40)/t23?,26-,27-/m0/s1. The number of halogens is 2. The van der Waals surface area contributed by atoms with Crippen LogP contribution in [0.5, 0.6) is 5.75 Å². The molecule has 10 nitrogen and oxygen atoms in total. The average Bonchev–Trinajstić information content (AvgIpc) is 2.98. The molecule has 0 saturated heterocycles. The zero-order valence-corrected chi connectivity index (χ0v) is 25.5. The predicted molar refractivity (Wildman–Crippen MR) is 164 cm³/mol. The van der Waals surface area contributed by atoms with E-state index >= 15 is 0 Å². The number of esters is 1. The van der Waals surface area contributed by atoms with Crippen molar-refractivity contribution in [2.24, 2.45) is 5.92 Å². The largest absolute Gasteiger partial charge is 0.480 e. The first-order valence-electron chi connectivity index (χ1n) is 13.7. The number of carbonyl (C=O) groups excluding carboxylic acids is 4. The summed E-state index contributed by atoms with van der Waals surface area (Å²) in [7, 11) is 0. The zero-order chi connectivity index (χ0) is 32.2. The Morgan fingerprint density at radius 1 is 0.841 bits per heavy atom. The summed E-state index contributed by atoms with van der Waals surface area (Å²) < 4.78 is 10.6. The summed E-state index contributed by atoms with van der Waals surface area (Å²) in [6.45, 7) is 3.73. The van der Waals surface area contributed by atoms with E-state index in [1.165, 1.54) is 36.4 Å². The van der Waals surface area contributed by atoms with Gasteiger partial charge in [0, 0.05) is 22.0 Å². The number of amides is 2. The lowest BCUT2D eigenvalue weighted by Crippen LogP contribution is -2.52. The third-order valence-corrected chi connectivity index (χ3v) is 7.08. The van der Waals surface area contributed by atoms with Crippen molar-refractivity contribution < 1.29 is 38.6 Å². The highest BCUT2D eigenvalue weighted by atomic mass is 35.5. The molecule has 0 bridgehead atoms. The van der Waals surface area contributed by atoms with Gasteiger partial charge in [-0.15, -0.1) is 0 Å². The Morgan fingerprint density at radius 3 is 2.05 bits per heavy atom. The minimum Gasteiger partial charge on any atom is -0.480 e.